The van der Waals surface area contributed by atoms with Crippen LogP contribution in [0.3, 0.4) is 0 Å². The zero-order chi connectivity index (χ0) is 16.8. The van der Waals surface area contributed by atoms with E-state index in [2.05, 4.69) is 45.0 Å². The number of aliphatic hydroxyl groups is 1. The van der Waals surface area contributed by atoms with E-state index in [0.717, 1.165) is 24.3 Å². The number of aryl methyl sites for hydroxylation is 1. The molecule has 0 radical (unpaired) electrons. The first-order valence-electron chi connectivity index (χ1n) is 8.80. The summed E-state index contributed by atoms with van der Waals surface area (Å²) < 4.78 is 5.43. The van der Waals surface area contributed by atoms with Crippen LogP contribution in [0.25, 0.3) is 0 Å². The van der Waals surface area contributed by atoms with Gasteiger partial charge in [0.15, 0.2) is 0 Å². The Morgan fingerprint density at radius 2 is 2.09 bits per heavy atom. The van der Waals surface area contributed by atoms with Crippen LogP contribution in [-0.4, -0.2) is 37.8 Å². The standard InChI is InChI=1S/C20H31NO2/c1-14-6-7-16(23-5)10-17(14)20(22)13-19(2)9-8-15(11-19)18(20)12-21(3)4/h6-7,10,15,18,22H,8-9,11-13H2,1-5H3. The number of benzene rings is 1. The smallest absolute Gasteiger partial charge is 0.119 e. The fraction of sp³-hybridized carbons (Fsp3) is 0.700. The van der Waals surface area contributed by atoms with Gasteiger partial charge in [-0.3, -0.25) is 0 Å². The molecular formula is C20H31NO2. The molecule has 3 nitrogen and oxygen atoms in total. The Morgan fingerprint density at radius 3 is 2.74 bits per heavy atom. The van der Waals surface area contributed by atoms with Gasteiger partial charge in [0.05, 0.1) is 12.7 Å². The summed E-state index contributed by atoms with van der Waals surface area (Å²) >= 11 is 0. The maximum Gasteiger partial charge on any atom is 0.119 e. The van der Waals surface area contributed by atoms with Gasteiger partial charge in [-0.15, -0.1) is 0 Å². The van der Waals surface area contributed by atoms with Gasteiger partial charge in [-0.2, -0.15) is 0 Å². The summed E-state index contributed by atoms with van der Waals surface area (Å²) in [6.45, 7) is 5.41. The van der Waals surface area contributed by atoms with Crippen molar-refractivity contribution < 1.29 is 9.84 Å². The first kappa shape index (κ1) is 16.8. The van der Waals surface area contributed by atoms with Gasteiger partial charge in [0.1, 0.15) is 5.75 Å². The Bertz CT molecular complexity index is 585. The van der Waals surface area contributed by atoms with Crippen LogP contribution in [0.2, 0.25) is 0 Å². The molecule has 1 aromatic rings. The SMILES string of the molecule is COc1ccc(C)c(C2(O)CC3(C)CCC(C3)C2CN(C)C)c1. The van der Waals surface area contributed by atoms with Gasteiger partial charge in [-0.25, -0.2) is 0 Å². The van der Waals surface area contributed by atoms with Crippen LogP contribution in [-0.2, 0) is 5.60 Å². The van der Waals surface area contributed by atoms with Crippen LogP contribution in [0.15, 0.2) is 18.2 Å². The number of hydrogen-bond acceptors (Lipinski definition) is 3. The first-order valence-corrected chi connectivity index (χ1v) is 8.80. The molecule has 3 heteroatoms. The molecular weight excluding hydrogens is 286 g/mol. The summed E-state index contributed by atoms with van der Waals surface area (Å²) in [5.74, 6) is 1.75. The van der Waals surface area contributed by atoms with E-state index in [1.165, 1.54) is 24.8 Å². The van der Waals surface area contributed by atoms with Crippen molar-refractivity contribution in [2.45, 2.75) is 45.1 Å². The van der Waals surface area contributed by atoms with E-state index < -0.39 is 5.60 Å². The third-order valence-corrected chi connectivity index (χ3v) is 6.23. The Hall–Kier alpha value is -1.06. The van der Waals surface area contributed by atoms with Crippen LogP contribution in [0, 0.1) is 24.2 Å². The van der Waals surface area contributed by atoms with E-state index in [0.29, 0.717) is 11.8 Å². The van der Waals surface area contributed by atoms with Crippen molar-refractivity contribution in [1.82, 2.24) is 4.90 Å². The molecule has 0 heterocycles. The Labute approximate surface area is 140 Å². The largest absolute Gasteiger partial charge is 0.497 e. The second-order valence-electron chi connectivity index (χ2n) is 8.46. The summed E-state index contributed by atoms with van der Waals surface area (Å²) in [5, 5.41) is 11.9. The molecule has 2 fully saturated rings. The number of ether oxygens (including phenoxy) is 1. The molecule has 0 amide bonds. The number of hydrogen-bond donors (Lipinski definition) is 1. The Morgan fingerprint density at radius 1 is 1.35 bits per heavy atom. The molecule has 2 bridgehead atoms. The molecule has 3 rings (SSSR count). The number of fused-ring (bicyclic) bond motifs is 2. The molecule has 2 saturated carbocycles. The highest BCUT2D eigenvalue weighted by atomic mass is 16.5. The number of rotatable bonds is 4. The van der Waals surface area contributed by atoms with Crippen LogP contribution < -0.4 is 4.74 Å². The fourth-order valence-corrected chi connectivity index (χ4v) is 5.23. The molecule has 1 N–H and O–H groups in total. The lowest BCUT2D eigenvalue weighted by molar-refractivity contribution is -0.108. The van der Waals surface area contributed by atoms with Crippen molar-refractivity contribution in [3.8, 4) is 5.75 Å². The fourth-order valence-electron chi connectivity index (χ4n) is 5.23. The number of nitrogens with zero attached hydrogens (tertiary/aromatic N) is 1. The summed E-state index contributed by atoms with van der Waals surface area (Å²) in [4.78, 5) is 2.23. The lowest BCUT2D eigenvalue weighted by Gasteiger charge is -2.49. The highest BCUT2D eigenvalue weighted by Crippen LogP contribution is 2.60. The molecule has 0 spiro atoms. The predicted molar refractivity (Wildman–Crippen MR) is 93.7 cm³/mol. The normalized spacial score (nSPS) is 36.5. The second kappa shape index (κ2) is 5.78. The van der Waals surface area contributed by atoms with Gasteiger partial charge in [0.25, 0.3) is 0 Å². The highest BCUT2D eigenvalue weighted by molar-refractivity contribution is 5.40. The van der Waals surface area contributed by atoms with Gasteiger partial charge in [0, 0.05) is 12.5 Å². The van der Waals surface area contributed by atoms with Crippen LogP contribution >= 0.6 is 0 Å². The van der Waals surface area contributed by atoms with E-state index in [1.807, 2.05) is 6.07 Å². The molecule has 0 aliphatic heterocycles. The molecule has 4 atom stereocenters. The van der Waals surface area contributed by atoms with Gasteiger partial charge < -0.3 is 14.7 Å². The van der Waals surface area contributed by atoms with E-state index >= 15 is 0 Å². The minimum atomic E-state index is -0.753. The average molecular weight is 317 g/mol. The average Bonchev–Trinajstić information content (AvgIpc) is 2.81. The highest BCUT2D eigenvalue weighted by Gasteiger charge is 2.56. The summed E-state index contributed by atoms with van der Waals surface area (Å²) in [6, 6.07) is 6.13. The summed E-state index contributed by atoms with van der Waals surface area (Å²) in [5.41, 5.74) is 1.76. The second-order valence-corrected chi connectivity index (χ2v) is 8.46. The molecule has 2 aliphatic rings. The summed E-state index contributed by atoms with van der Waals surface area (Å²) in [7, 11) is 5.92. The molecule has 23 heavy (non-hydrogen) atoms. The molecule has 0 saturated heterocycles. The van der Waals surface area contributed by atoms with Crippen LogP contribution in [0.4, 0.5) is 0 Å². The Kier molecular flexibility index (Phi) is 4.22. The van der Waals surface area contributed by atoms with Crippen molar-refractivity contribution in [3.63, 3.8) is 0 Å². The van der Waals surface area contributed by atoms with Crippen LogP contribution in [0.1, 0.15) is 43.7 Å². The van der Waals surface area contributed by atoms with E-state index in [1.54, 1.807) is 7.11 Å². The molecule has 0 aromatic heterocycles. The first-order chi connectivity index (χ1) is 10.8. The maximum atomic E-state index is 11.9. The van der Waals surface area contributed by atoms with Crippen molar-refractivity contribution in [3.05, 3.63) is 29.3 Å². The van der Waals surface area contributed by atoms with E-state index in [4.69, 9.17) is 4.74 Å². The Balaban J connectivity index is 2.08. The monoisotopic (exact) mass is 317 g/mol. The molecule has 2 aliphatic carbocycles. The summed E-state index contributed by atoms with van der Waals surface area (Å²) in [6.07, 6.45) is 4.62. The minimum absolute atomic E-state index is 0.276. The van der Waals surface area contributed by atoms with Crippen molar-refractivity contribution in [1.29, 1.82) is 0 Å². The predicted octanol–water partition coefficient (Wildman–Crippen LogP) is 3.58. The van der Waals surface area contributed by atoms with E-state index in [9.17, 15) is 5.11 Å². The molecule has 4 unspecified atom stereocenters. The molecule has 128 valence electrons. The lowest BCUT2D eigenvalue weighted by Crippen LogP contribution is -2.49. The molecule has 1 aromatic carbocycles. The zero-order valence-electron chi connectivity index (χ0n) is 15.2. The third-order valence-electron chi connectivity index (χ3n) is 6.23. The number of methoxy groups -OCH3 is 1. The van der Waals surface area contributed by atoms with Crippen molar-refractivity contribution in [2.24, 2.45) is 17.3 Å². The van der Waals surface area contributed by atoms with Crippen LogP contribution in [0.5, 0.6) is 5.75 Å². The third kappa shape index (κ3) is 2.89. The quantitative estimate of drug-likeness (QED) is 0.921. The van der Waals surface area contributed by atoms with Gasteiger partial charge in [-0.05, 0) is 81.3 Å². The van der Waals surface area contributed by atoms with E-state index in [-0.39, 0.29) is 5.41 Å². The van der Waals surface area contributed by atoms with Crippen molar-refractivity contribution in [2.75, 3.05) is 27.7 Å². The van der Waals surface area contributed by atoms with Gasteiger partial charge in [0.2, 0.25) is 0 Å². The maximum absolute atomic E-state index is 11.9. The topological polar surface area (TPSA) is 32.7 Å². The lowest BCUT2D eigenvalue weighted by atomic mass is 9.60. The van der Waals surface area contributed by atoms with Gasteiger partial charge in [-0.1, -0.05) is 13.0 Å². The zero-order valence-corrected chi connectivity index (χ0v) is 15.2. The van der Waals surface area contributed by atoms with Gasteiger partial charge >= 0.3 is 0 Å². The minimum Gasteiger partial charge on any atom is -0.497 e. The van der Waals surface area contributed by atoms with Crippen molar-refractivity contribution >= 4 is 0 Å².